The molecule has 6 nitrogen and oxygen atoms in total. The van der Waals surface area contributed by atoms with E-state index in [9.17, 15) is 21.6 Å². The fourth-order valence-electron chi connectivity index (χ4n) is 3.61. The van der Waals surface area contributed by atoms with E-state index in [2.05, 4.69) is 10.3 Å². The number of rotatable bonds is 8. The monoisotopic (exact) mass is 430 g/mol. The number of hydrogen-bond acceptors (Lipinski definition) is 4. The van der Waals surface area contributed by atoms with Gasteiger partial charge in [-0.05, 0) is 17.7 Å². The van der Waals surface area contributed by atoms with Gasteiger partial charge in [0, 0.05) is 44.7 Å². The number of aryl methyl sites for hydroxylation is 1. The Morgan fingerprint density at radius 3 is 2.52 bits per heavy atom. The van der Waals surface area contributed by atoms with Gasteiger partial charge in [0.05, 0.1) is 12.9 Å². The predicted molar refractivity (Wildman–Crippen MR) is 103 cm³/mol. The highest BCUT2D eigenvalue weighted by atomic mass is 32.2. The zero-order valence-electron chi connectivity index (χ0n) is 16.4. The lowest BCUT2D eigenvalue weighted by Gasteiger charge is -2.23. The maximum atomic E-state index is 14.0. The van der Waals surface area contributed by atoms with Gasteiger partial charge in [0.25, 0.3) is 15.9 Å². The first-order valence-corrected chi connectivity index (χ1v) is 10.9. The van der Waals surface area contributed by atoms with E-state index in [0.717, 1.165) is 0 Å². The van der Waals surface area contributed by atoms with Crippen molar-refractivity contribution in [2.45, 2.75) is 42.7 Å². The third-order valence-electron chi connectivity index (χ3n) is 5.11. The SMILES string of the molecule is CCCC(F)(F)CN[C@H]1CN(S(=O)(=O)c2cn(C)cn2)C[C@@H]1c1ccc(F)cc1. The second kappa shape index (κ2) is 8.45. The Morgan fingerprint density at radius 1 is 1.24 bits per heavy atom. The van der Waals surface area contributed by atoms with E-state index in [1.807, 2.05) is 0 Å². The molecule has 0 spiro atoms. The van der Waals surface area contributed by atoms with Crippen molar-refractivity contribution < 1.29 is 21.6 Å². The van der Waals surface area contributed by atoms with Crippen LogP contribution in [0.1, 0.15) is 31.2 Å². The molecule has 160 valence electrons. The Kier molecular flexibility index (Phi) is 6.35. The van der Waals surface area contributed by atoms with Crippen LogP contribution in [0.2, 0.25) is 0 Å². The number of halogens is 3. The first kappa shape index (κ1) is 21.8. The van der Waals surface area contributed by atoms with E-state index in [-0.39, 0.29) is 30.5 Å². The number of benzene rings is 1. The third-order valence-corrected chi connectivity index (χ3v) is 6.83. The number of imidazole rings is 1. The summed E-state index contributed by atoms with van der Waals surface area (Å²) in [5, 5.41) is 2.77. The molecule has 3 rings (SSSR count). The molecule has 1 fully saturated rings. The molecule has 0 radical (unpaired) electrons. The summed E-state index contributed by atoms with van der Waals surface area (Å²) in [7, 11) is -2.20. The molecular formula is C19H25F3N4O2S. The fourth-order valence-corrected chi connectivity index (χ4v) is 5.07. The maximum absolute atomic E-state index is 14.0. The Balaban J connectivity index is 1.84. The summed E-state index contributed by atoms with van der Waals surface area (Å²) < 4.78 is 70.0. The molecule has 1 saturated heterocycles. The zero-order chi connectivity index (χ0) is 21.2. The molecule has 29 heavy (non-hydrogen) atoms. The molecule has 1 aliphatic rings. The van der Waals surface area contributed by atoms with Crippen molar-refractivity contribution >= 4 is 10.0 Å². The normalized spacial score (nSPS) is 21.0. The van der Waals surface area contributed by atoms with Gasteiger partial charge >= 0.3 is 0 Å². The van der Waals surface area contributed by atoms with Gasteiger partial charge in [0.15, 0.2) is 5.03 Å². The van der Waals surface area contributed by atoms with Crippen molar-refractivity contribution in [1.82, 2.24) is 19.2 Å². The summed E-state index contributed by atoms with van der Waals surface area (Å²) in [4.78, 5) is 3.92. The predicted octanol–water partition coefficient (Wildman–Crippen LogP) is 2.74. The van der Waals surface area contributed by atoms with Crippen molar-refractivity contribution in [3.05, 3.63) is 48.2 Å². The van der Waals surface area contributed by atoms with Gasteiger partial charge in [-0.25, -0.2) is 26.6 Å². The number of sulfonamides is 1. The topological polar surface area (TPSA) is 67.2 Å². The Hall–Kier alpha value is -1.91. The maximum Gasteiger partial charge on any atom is 0.262 e. The largest absolute Gasteiger partial charge is 0.339 e. The highest BCUT2D eigenvalue weighted by Crippen LogP contribution is 2.32. The second-order valence-electron chi connectivity index (χ2n) is 7.45. The summed E-state index contributed by atoms with van der Waals surface area (Å²) in [6.07, 6.45) is 2.89. The Morgan fingerprint density at radius 2 is 1.93 bits per heavy atom. The van der Waals surface area contributed by atoms with Crippen molar-refractivity contribution in [2.24, 2.45) is 7.05 Å². The lowest BCUT2D eigenvalue weighted by Crippen LogP contribution is -2.43. The molecule has 1 aromatic heterocycles. The molecule has 0 amide bonds. The molecule has 0 saturated carbocycles. The Bertz CT molecular complexity index is 931. The van der Waals surface area contributed by atoms with Crippen molar-refractivity contribution in [2.75, 3.05) is 19.6 Å². The van der Waals surface area contributed by atoms with Crippen LogP contribution in [0.3, 0.4) is 0 Å². The fraction of sp³-hybridized carbons (Fsp3) is 0.526. The van der Waals surface area contributed by atoms with Crippen molar-refractivity contribution in [3.8, 4) is 0 Å². The Labute approximate surface area is 168 Å². The van der Waals surface area contributed by atoms with Gasteiger partial charge < -0.3 is 9.88 Å². The second-order valence-corrected chi connectivity index (χ2v) is 9.34. The quantitative estimate of drug-likeness (QED) is 0.699. The van der Waals surface area contributed by atoms with E-state index in [0.29, 0.717) is 12.0 Å². The molecule has 2 heterocycles. The van der Waals surface area contributed by atoms with Crippen LogP contribution in [-0.4, -0.2) is 53.9 Å². The van der Waals surface area contributed by atoms with E-state index in [4.69, 9.17) is 0 Å². The molecule has 1 N–H and O–H groups in total. The van der Waals surface area contributed by atoms with E-state index in [1.165, 1.54) is 33.5 Å². The molecule has 0 aliphatic carbocycles. The lowest BCUT2D eigenvalue weighted by molar-refractivity contribution is -0.00941. The summed E-state index contributed by atoms with van der Waals surface area (Å²) in [5.74, 6) is -3.68. The van der Waals surface area contributed by atoms with Gasteiger partial charge in [0.2, 0.25) is 0 Å². The van der Waals surface area contributed by atoms with Crippen LogP contribution in [-0.2, 0) is 17.1 Å². The smallest absolute Gasteiger partial charge is 0.262 e. The average molecular weight is 430 g/mol. The highest BCUT2D eigenvalue weighted by Gasteiger charge is 2.42. The minimum Gasteiger partial charge on any atom is -0.339 e. The van der Waals surface area contributed by atoms with Gasteiger partial charge in [-0.15, -0.1) is 0 Å². The van der Waals surface area contributed by atoms with E-state index in [1.54, 1.807) is 26.1 Å². The number of alkyl halides is 2. The van der Waals surface area contributed by atoms with Crippen LogP contribution in [0.5, 0.6) is 0 Å². The van der Waals surface area contributed by atoms with E-state index < -0.39 is 34.3 Å². The summed E-state index contributed by atoms with van der Waals surface area (Å²) >= 11 is 0. The molecular weight excluding hydrogens is 405 g/mol. The highest BCUT2D eigenvalue weighted by molar-refractivity contribution is 7.89. The third kappa shape index (κ3) is 4.99. The first-order valence-electron chi connectivity index (χ1n) is 9.47. The minimum absolute atomic E-state index is 0.0309. The number of hydrogen-bond donors (Lipinski definition) is 1. The van der Waals surface area contributed by atoms with Crippen LogP contribution in [0.15, 0.2) is 41.8 Å². The number of nitrogens with one attached hydrogen (secondary N) is 1. The van der Waals surface area contributed by atoms with Gasteiger partial charge in [0.1, 0.15) is 5.82 Å². The minimum atomic E-state index is -3.86. The van der Waals surface area contributed by atoms with E-state index >= 15 is 0 Å². The number of nitrogens with zero attached hydrogens (tertiary/aromatic N) is 3. The molecule has 2 aromatic rings. The summed E-state index contributed by atoms with van der Waals surface area (Å²) in [6, 6.07) is 5.18. The van der Waals surface area contributed by atoms with Crippen LogP contribution in [0.25, 0.3) is 0 Å². The van der Waals surface area contributed by atoms with Crippen LogP contribution >= 0.6 is 0 Å². The van der Waals surface area contributed by atoms with Crippen LogP contribution in [0.4, 0.5) is 13.2 Å². The van der Waals surface area contributed by atoms with Crippen LogP contribution < -0.4 is 5.32 Å². The first-order chi connectivity index (χ1) is 13.6. The van der Waals surface area contributed by atoms with Crippen molar-refractivity contribution in [3.63, 3.8) is 0 Å². The molecule has 0 unspecified atom stereocenters. The molecule has 0 bridgehead atoms. The lowest BCUT2D eigenvalue weighted by atomic mass is 9.94. The molecule has 2 atom stereocenters. The molecule has 1 aliphatic heterocycles. The van der Waals surface area contributed by atoms with Crippen molar-refractivity contribution in [1.29, 1.82) is 0 Å². The van der Waals surface area contributed by atoms with Gasteiger partial charge in [-0.1, -0.05) is 25.5 Å². The molecule has 1 aromatic carbocycles. The van der Waals surface area contributed by atoms with Gasteiger partial charge in [-0.2, -0.15) is 4.31 Å². The zero-order valence-corrected chi connectivity index (χ0v) is 17.2. The van der Waals surface area contributed by atoms with Crippen LogP contribution in [0, 0.1) is 5.82 Å². The number of aromatic nitrogens is 2. The standard InChI is InChI=1S/C19H25F3N4O2S/c1-3-8-19(21,22)12-23-17-10-26(29(27,28)18-11-25(2)13-24-18)9-16(17)14-4-6-15(20)7-5-14/h4-7,11,13,16-17,23H,3,8-10,12H2,1-2H3/t16-,17+/m1/s1. The average Bonchev–Trinajstić information content (AvgIpc) is 3.28. The summed E-state index contributed by atoms with van der Waals surface area (Å²) in [5.41, 5.74) is 0.696. The summed E-state index contributed by atoms with van der Waals surface area (Å²) in [6.45, 7) is 1.28. The van der Waals surface area contributed by atoms with Gasteiger partial charge in [-0.3, -0.25) is 0 Å². The molecule has 10 heteroatoms.